The highest BCUT2D eigenvalue weighted by Gasteiger charge is 2.25. The smallest absolute Gasteiger partial charge is 0.338 e. The van der Waals surface area contributed by atoms with Crippen LogP contribution in [0.1, 0.15) is 22.0 Å². The van der Waals surface area contributed by atoms with Gasteiger partial charge in [-0.05, 0) is 11.6 Å². The molecular weight excluding hydrogens is 168 g/mol. The van der Waals surface area contributed by atoms with Crippen LogP contribution < -0.4 is 0 Å². The number of esters is 1. The Morgan fingerprint density at radius 1 is 1.46 bits per heavy atom. The number of benzene rings is 1. The molecule has 0 bridgehead atoms. The average molecular weight is 178 g/mol. The molecule has 0 spiro atoms. The van der Waals surface area contributed by atoms with Gasteiger partial charge >= 0.3 is 5.97 Å². The lowest BCUT2D eigenvalue weighted by Gasteiger charge is -2.23. The summed E-state index contributed by atoms with van der Waals surface area (Å²) in [4.78, 5) is 11.3. The summed E-state index contributed by atoms with van der Waals surface area (Å²) in [6.07, 6.45) is -0.117. The number of methoxy groups -OCH3 is 1. The molecule has 0 saturated heterocycles. The predicted octanol–water partition coefficient (Wildman–Crippen LogP) is 1.54. The third-order valence-electron chi connectivity index (χ3n) is 2.18. The van der Waals surface area contributed by atoms with Crippen LogP contribution in [-0.2, 0) is 9.47 Å². The van der Waals surface area contributed by atoms with E-state index in [-0.39, 0.29) is 12.1 Å². The normalized spacial score (nSPS) is 20.7. The van der Waals surface area contributed by atoms with Gasteiger partial charge in [-0.1, -0.05) is 18.2 Å². The van der Waals surface area contributed by atoms with Crippen LogP contribution in [0.5, 0.6) is 0 Å². The maximum atomic E-state index is 11.3. The zero-order chi connectivity index (χ0) is 9.26. The number of hydrogen-bond donors (Lipinski definition) is 0. The highest BCUT2D eigenvalue weighted by Crippen LogP contribution is 2.26. The maximum absolute atomic E-state index is 11.3. The standard InChI is InChI=1S/C10H10O3/c1-12-9-6-13-10(11)8-5-3-2-4-7(8)9/h2-5,9H,6H2,1H3. The van der Waals surface area contributed by atoms with Crippen molar-refractivity contribution in [3.05, 3.63) is 35.4 Å². The Labute approximate surface area is 76.3 Å². The molecular formula is C10H10O3. The zero-order valence-corrected chi connectivity index (χ0v) is 7.32. The van der Waals surface area contributed by atoms with Gasteiger partial charge in [0, 0.05) is 7.11 Å². The van der Waals surface area contributed by atoms with E-state index in [1.165, 1.54) is 0 Å². The molecule has 0 aromatic heterocycles. The first-order valence-electron chi connectivity index (χ1n) is 4.12. The van der Waals surface area contributed by atoms with Crippen LogP contribution in [0.3, 0.4) is 0 Å². The molecule has 0 radical (unpaired) electrons. The first-order valence-corrected chi connectivity index (χ1v) is 4.12. The Hall–Kier alpha value is -1.35. The topological polar surface area (TPSA) is 35.5 Å². The van der Waals surface area contributed by atoms with Crippen molar-refractivity contribution in [1.29, 1.82) is 0 Å². The van der Waals surface area contributed by atoms with Crippen molar-refractivity contribution in [1.82, 2.24) is 0 Å². The highest BCUT2D eigenvalue weighted by atomic mass is 16.6. The summed E-state index contributed by atoms with van der Waals surface area (Å²) in [6.45, 7) is 0.312. The molecule has 1 aliphatic heterocycles. The van der Waals surface area contributed by atoms with Crippen LogP contribution in [0.2, 0.25) is 0 Å². The van der Waals surface area contributed by atoms with E-state index in [1.54, 1.807) is 13.2 Å². The molecule has 0 aliphatic carbocycles. The number of ether oxygens (including phenoxy) is 2. The van der Waals surface area contributed by atoms with E-state index in [0.717, 1.165) is 5.56 Å². The van der Waals surface area contributed by atoms with Gasteiger partial charge < -0.3 is 9.47 Å². The molecule has 0 amide bonds. The van der Waals surface area contributed by atoms with Gasteiger partial charge in [0.25, 0.3) is 0 Å². The summed E-state index contributed by atoms with van der Waals surface area (Å²) in [5, 5.41) is 0. The van der Waals surface area contributed by atoms with Gasteiger partial charge in [-0.25, -0.2) is 4.79 Å². The SMILES string of the molecule is COC1COC(=O)c2ccccc21. The Balaban J connectivity index is 2.47. The molecule has 68 valence electrons. The number of fused-ring (bicyclic) bond motifs is 1. The van der Waals surface area contributed by atoms with Crippen molar-refractivity contribution in [2.45, 2.75) is 6.10 Å². The van der Waals surface area contributed by atoms with Gasteiger partial charge in [0.2, 0.25) is 0 Å². The minimum absolute atomic E-state index is 0.117. The quantitative estimate of drug-likeness (QED) is 0.612. The molecule has 2 rings (SSSR count). The fraction of sp³-hybridized carbons (Fsp3) is 0.300. The van der Waals surface area contributed by atoms with E-state index in [0.29, 0.717) is 12.2 Å². The van der Waals surface area contributed by atoms with Crippen molar-refractivity contribution in [3.8, 4) is 0 Å². The Morgan fingerprint density at radius 3 is 3.00 bits per heavy atom. The largest absolute Gasteiger partial charge is 0.459 e. The molecule has 1 aliphatic rings. The molecule has 0 fully saturated rings. The summed E-state index contributed by atoms with van der Waals surface area (Å²) in [5.41, 5.74) is 1.53. The molecule has 3 heteroatoms. The first kappa shape index (κ1) is 8.26. The lowest BCUT2D eigenvalue weighted by molar-refractivity contribution is 0.000667. The monoisotopic (exact) mass is 178 g/mol. The fourth-order valence-electron chi connectivity index (χ4n) is 1.48. The summed E-state index contributed by atoms with van der Waals surface area (Å²) >= 11 is 0. The van der Waals surface area contributed by atoms with Crippen LogP contribution in [0.15, 0.2) is 24.3 Å². The van der Waals surface area contributed by atoms with E-state index >= 15 is 0 Å². The number of carbonyl (C=O) groups excluding carboxylic acids is 1. The molecule has 1 aromatic rings. The van der Waals surface area contributed by atoms with Gasteiger partial charge in [-0.3, -0.25) is 0 Å². The summed E-state index contributed by atoms with van der Waals surface area (Å²) in [5.74, 6) is -0.260. The van der Waals surface area contributed by atoms with Crippen molar-refractivity contribution in [2.75, 3.05) is 13.7 Å². The lowest BCUT2D eigenvalue weighted by Crippen LogP contribution is -2.23. The molecule has 1 heterocycles. The number of hydrogen-bond acceptors (Lipinski definition) is 3. The number of rotatable bonds is 1. The van der Waals surface area contributed by atoms with E-state index in [1.807, 2.05) is 18.2 Å². The van der Waals surface area contributed by atoms with E-state index < -0.39 is 0 Å². The maximum Gasteiger partial charge on any atom is 0.338 e. The Bertz CT molecular complexity index is 333. The second-order valence-corrected chi connectivity index (χ2v) is 2.91. The second-order valence-electron chi connectivity index (χ2n) is 2.91. The fourth-order valence-corrected chi connectivity index (χ4v) is 1.48. The van der Waals surface area contributed by atoms with Crippen molar-refractivity contribution >= 4 is 5.97 Å². The summed E-state index contributed by atoms with van der Waals surface area (Å²) < 4.78 is 10.1. The Kier molecular flexibility index (Phi) is 2.02. The number of cyclic esters (lactones) is 1. The van der Waals surface area contributed by atoms with Gasteiger partial charge in [-0.2, -0.15) is 0 Å². The average Bonchev–Trinajstić information content (AvgIpc) is 2.19. The second kappa shape index (κ2) is 3.18. The summed E-state index contributed by atoms with van der Waals surface area (Å²) in [7, 11) is 1.61. The lowest BCUT2D eigenvalue weighted by atomic mass is 10.0. The van der Waals surface area contributed by atoms with Gasteiger partial charge in [-0.15, -0.1) is 0 Å². The van der Waals surface area contributed by atoms with E-state index in [9.17, 15) is 4.79 Å². The third-order valence-corrected chi connectivity index (χ3v) is 2.18. The molecule has 1 unspecified atom stereocenters. The minimum atomic E-state index is -0.260. The molecule has 0 saturated carbocycles. The van der Waals surface area contributed by atoms with Crippen LogP contribution in [0.4, 0.5) is 0 Å². The molecule has 1 aromatic carbocycles. The first-order chi connectivity index (χ1) is 6.33. The highest BCUT2D eigenvalue weighted by molar-refractivity contribution is 5.92. The predicted molar refractivity (Wildman–Crippen MR) is 46.5 cm³/mol. The van der Waals surface area contributed by atoms with Gasteiger partial charge in [0.1, 0.15) is 12.7 Å². The molecule has 3 nitrogen and oxygen atoms in total. The molecule has 0 N–H and O–H groups in total. The van der Waals surface area contributed by atoms with Crippen molar-refractivity contribution < 1.29 is 14.3 Å². The van der Waals surface area contributed by atoms with Crippen LogP contribution >= 0.6 is 0 Å². The minimum Gasteiger partial charge on any atom is -0.459 e. The molecule has 1 atom stereocenters. The third kappa shape index (κ3) is 1.31. The summed E-state index contributed by atoms with van der Waals surface area (Å²) in [6, 6.07) is 7.36. The number of carbonyl (C=O) groups is 1. The van der Waals surface area contributed by atoms with Gasteiger partial charge in [0.15, 0.2) is 0 Å². The van der Waals surface area contributed by atoms with Crippen LogP contribution in [-0.4, -0.2) is 19.7 Å². The van der Waals surface area contributed by atoms with E-state index in [2.05, 4.69) is 0 Å². The van der Waals surface area contributed by atoms with Crippen LogP contribution in [0.25, 0.3) is 0 Å². The van der Waals surface area contributed by atoms with Gasteiger partial charge in [0.05, 0.1) is 5.56 Å². The van der Waals surface area contributed by atoms with Crippen molar-refractivity contribution in [3.63, 3.8) is 0 Å². The Morgan fingerprint density at radius 2 is 2.23 bits per heavy atom. The van der Waals surface area contributed by atoms with Crippen LogP contribution in [0, 0.1) is 0 Å². The zero-order valence-electron chi connectivity index (χ0n) is 7.32. The molecule has 13 heavy (non-hydrogen) atoms. The van der Waals surface area contributed by atoms with E-state index in [4.69, 9.17) is 9.47 Å². The van der Waals surface area contributed by atoms with Crippen molar-refractivity contribution in [2.24, 2.45) is 0 Å².